The van der Waals surface area contributed by atoms with Crippen LogP contribution in [0.4, 0.5) is 11.4 Å². The number of furan rings is 1. The maximum absolute atomic E-state index is 5.12. The number of anilines is 2. The van der Waals surface area contributed by atoms with Crippen LogP contribution in [0.5, 0.6) is 0 Å². The van der Waals surface area contributed by atoms with Crippen LogP contribution < -0.4 is 5.32 Å². The second kappa shape index (κ2) is 5.30. The molecule has 2 heteroatoms. The van der Waals surface area contributed by atoms with Gasteiger partial charge in [-0.05, 0) is 29.0 Å². The Balaban J connectivity index is 2.46. The molecule has 0 saturated carbocycles. The van der Waals surface area contributed by atoms with Crippen molar-refractivity contribution < 1.29 is 4.42 Å². The number of benzene rings is 1. The molecule has 2 aromatic rings. The normalized spacial score (nSPS) is 11.2. The molecule has 96 valence electrons. The van der Waals surface area contributed by atoms with Crippen molar-refractivity contribution in [3.63, 3.8) is 0 Å². The van der Waals surface area contributed by atoms with Crippen molar-refractivity contribution in [1.29, 1.82) is 0 Å². The highest BCUT2D eigenvalue weighted by molar-refractivity contribution is 5.67. The van der Waals surface area contributed by atoms with E-state index >= 15 is 0 Å². The second-order valence-corrected chi connectivity index (χ2v) is 5.26. The molecule has 0 atom stereocenters. The molecule has 0 radical (unpaired) electrons. The average Bonchev–Trinajstić information content (AvgIpc) is 2.81. The van der Waals surface area contributed by atoms with E-state index in [1.165, 1.54) is 16.8 Å². The first-order chi connectivity index (χ1) is 8.59. The standard InChI is InChI=1S/C16H21NO/c1-11(2)14-6-5-7-15(12(3)4)16(14)17-13-8-9-18-10-13/h5-12,17H,1-4H3. The highest BCUT2D eigenvalue weighted by Gasteiger charge is 2.13. The highest BCUT2D eigenvalue weighted by atomic mass is 16.3. The van der Waals surface area contributed by atoms with Gasteiger partial charge in [-0.1, -0.05) is 45.9 Å². The Morgan fingerprint density at radius 3 is 2.00 bits per heavy atom. The highest BCUT2D eigenvalue weighted by Crippen LogP contribution is 2.34. The summed E-state index contributed by atoms with van der Waals surface area (Å²) in [6.45, 7) is 8.89. The van der Waals surface area contributed by atoms with Crippen LogP contribution in [-0.2, 0) is 0 Å². The van der Waals surface area contributed by atoms with E-state index in [9.17, 15) is 0 Å². The lowest BCUT2D eigenvalue weighted by molar-refractivity contribution is 0.568. The molecule has 1 N–H and O–H groups in total. The summed E-state index contributed by atoms with van der Waals surface area (Å²) in [5, 5.41) is 3.49. The van der Waals surface area contributed by atoms with Crippen LogP contribution in [0.25, 0.3) is 0 Å². The van der Waals surface area contributed by atoms with Gasteiger partial charge in [0.25, 0.3) is 0 Å². The van der Waals surface area contributed by atoms with Gasteiger partial charge in [-0.25, -0.2) is 0 Å². The number of nitrogens with one attached hydrogen (secondary N) is 1. The van der Waals surface area contributed by atoms with Crippen LogP contribution in [0.3, 0.4) is 0 Å². The Kier molecular flexibility index (Phi) is 3.75. The van der Waals surface area contributed by atoms with Crippen molar-refractivity contribution >= 4 is 11.4 Å². The fourth-order valence-electron chi connectivity index (χ4n) is 2.18. The Labute approximate surface area is 109 Å². The molecule has 0 fully saturated rings. The summed E-state index contributed by atoms with van der Waals surface area (Å²) in [7, 11) is 0. The van der Waals surface area contributed by atoms with E-state index in [0.717, 1.165) is 5.69 Å². The zero-order valence-electron chi connectivity index (χ0n) is 11.5. The summed E-state index contributed by atoms with van der Waals surface area (Å²) >= 11 is 0. The van der Waals surface area contributed by atoms with Crippen molar-refractivity contribution in [3.8, 4) is 0 Å². The van der Waals surface area contributed by atoms with Crippen molar-refractivity contribution in [1.82, 2.24) is 0 Å². The molecule has 0 saturated heterocycles. The first-order valence-electron chi connectivity index (χ1n) is 6.51. The first-order valence-corrected chi connectivity index (χ1v) is 6.51. The van der Waals surface area contributed by atoms with Crippen LogP contribution >= 0.6 is 0 Å². The van der Waals surface area contributed by atoms with Gasteiger partial charge >= 0.3 is 0 Å². The predicted octanol–water partition coefficient (Wildman–Crippen LogP) is 5.27. The van der Waals surface area contributed by atoms with Gasteiger partial charge in [0.1, 0.15) is 6.26 Å². The smallest absolute Gasteiger partial charge is 0.114 e. The minimum atomic E-state index is 0.498. The summed E-state index contributed by atoms with van der Waals surface area (Å²) < 4.78 is 5.12. The fourth-order valence-corrected chi connectivity index (χ4v) is 2.18. The zero-order chi connectivity index (χ0) is 13.1. The summed E-state index contributed by atoms with van der Waals surface area (Å²) in [6, 6.07) is 8.48. The molecule has 18 heavy (non-hydrogen) atoms. The van der Waals surface area contributed by atoms with Crippen LogP contribution in [0.1, 0.15) is 50.7 Å². The third-order valence-corrected chi connectivity index (χ3v) is 3.16. The molecule has 0 spiro atoms. The van der Waals surface area contributed by atoms with Gasteiger partial charge in [0.05, 0.1) is 12.0 Å². The number of para-hydroxylation sites is 1. The molecule has 1 aromatic carbocycles. The van der Waals surface area contributed by atoms with Crippen LogP contribution in [-0.4, -0.2) is 0 Å². The lowest BCUT2D eigenvalue weighted by atomic mass is 9.92. The summed E-state index contributed by atoms with van der Waals surface area (Å²) in [6.07, 6.45) is 3.43. The largest absolute Gasteiger partial charge is 0.470 e. The van der Waals surface area contributed by atoms with E-state index in [2.05, 4.69) is 51.2 Å². The Bertz CT molecular complexity index is 472. The minimum Gasteiger partial charge on any atom is -0.470 e. The molecule has 0 aliphatic heterocycles. The summed E-state index contributed by atoms with van der Waals surface area (Å²) in [4.78, 5) is 0. The average molecular weight is 243 g/mol. The molecule has 0 bridgehead atoms. The topological polar surface area (TPSA) is 25.2 Å². The summed E-state index contributed by atoms with van der Waals surface area (Å²) in [5.41, 5.74) is 4.93. The van der Waals surface area contributed by atoms with E-state index in [1.807, 2.05) is 6.07 Å². The number of hydrogen-bond donors (Lipinski definition) is 1. The Hall–Kier alpha value is -1.70. The molecular formula is C16H21NO. The van der Waals surface area contributed by atoms with E-state index in [1.54, 1.807) is 12.5 Å². The maximum Gasteiger partial charge on any atom is 0.114 e. The van der Waals surface area contributed by atoms with Crippen molar-refractivity contribution in [2.45, 2.75) is 39.5 Å². The predicted molar refractivity (Wildman–Crippen MR) is 76.6 cm³/mol. The van der Waals surface area contributed by atoms with Crippen LogP contribution in [0, 0.1) is 0 Å². The molecule has 1 aromatic heterocycles. The molecule has 0 unspecified atom stereocenters. The van der Waals surface area contributed by atoms with Gasteiger partial charge in [-0.15, -0.1) is 0 Å². The lowest BCUT2D eigenvalue weighted by Gasteiger charge is -2.20. The monoisotopic (exact) mass is 243 g/mol. The van der Waals surface area contributed by atoms with Crippen molar-refractivity contribution in [2.24, 2.45) is 0 Å². The fraction of sp³-hybridized carbons (Fsp3) is 0.375. The van der Waals surface area contributed by atoms with Gasteiger partial charge in [0.2, 0.25) is 0 Å². The molecule has 0 amide bonds. The van der Waals surface area contributed by atoms with E-state index in [-0.39, 0.29) is 0 Å². The van der Waals surface area contributed by atoms with Gasteiger partial charge in [0, 0.05) is 5.69 Å². The quantitative estimate of drug-likeness (QED) is 0.791. The van der Waals surface area contributed by atoms with E-state index in [0.29, 0.717) is 11.8 Å². The number of rotatable bonds is 4. The van der Waals surface area contributed by atoms with Gasteiger partial charge in [-0.3, -0.25) is 0 Å². The lowest BCUT2D eigenvalue weighted by Crippen LogP contribution is -2.03. The number of hydrogen-bond acceptors (Lipinski definition) is 2. The van der Waals surface area contributed by atoms with Crippen molar-refractivity contribution in [3.05, 3.63) is 47.9 Å². The van der Waals surface area contributed by atoms with E-state index in [4.69, 9.17) is 4.42 Å². The van der Waals surface area contributed by atoms with Crippen molar-refractivity contribution in [2.75, 3.05) is 5.32 Å². The molecular weight excluding hydrogens is 222 g/mol. The molecule has 2 nitrogen and oxygen atoms in total. The molecule has 2 rings (SSSR count). The molecule has 0 aliphatic rings. The van der Waals surface area contributed by atoms with Gasteiger partial charge in [0.15, 0.2) is 0 Å². The third kappa shape index (κ3) is 2.58. The van der Waals surface area contributed by atoms with Crippen LogP contribution in [0.2, 0.25) is 0 Å². The molecule has 1 heterocycles. The summed E-state index contributed by atoms with van der Waals surface area (Å²) in [5.74, 6) is 0.996. The minimum absolute atomic E-state index is 0.498. The zero-order valence-corrected chi connectivity index (χ0v) is 11.5. The van der Waals surface area contributed by atoms with Crippen LogP contribution in [0.15, 0.2) is 41.2 Å². The molecule has 0 aliphatic carbocycles. The van der Waals surface area contributed by atoms with Gasteiger partial charge in [-0.2, -0.15) is 0 Å². The SMILES string of the molecule is CC(C)c1cccc(C(C)C)c1Nc1ccoc1. The second-order valence-electron chi connectivity index (χ2n) is 5.26. The van der Waals surface area contributed by atoms with Gasteiger partial charge < -0.3 is 9.73 Å². The maximum atomic E-state index is 5.12. The van der Waals surface area contributed by atoms with E-state index < -0.39 is 0 Å². The third-order valence-electron chi connectivity index (χ3n) is 3.16. The Morgan fingerprint density at radius 2 is 1.56 bits per heavy atom. The Morgan fingerprint density at radius 1 is 0.944 bits per heavy atom. The first kappa shape index (κ1) is 12.7.